The maximum absolute atomic E-state index is 2.41. The summed E-state index contributed by atoms with van der Waals surface area (Å²) >= 11 is 1.88. The van der Waals surface area contributed by atoms with E-state index in [0.717, 1.165) is 11.4 Å². The van der Waals surface area contributed by atoms with Crippen molar-refractivity contribution in [3.63, 3.8) is 0 Å². The molecule has 7 aromatic carbocycles. The lowest BCUT2D eigenvalue weighted by Crippen LogP contribution is -2.16. The summed E-state index contributed by atoms with van der Waals surface area (Å²) in [7, 11) is 0. The summed E-state index contributed by atoms with van der Waals surface area (Å²) in [6.45, 7) is 4.70. The van der Waals surface area contributed by atoms with Crippen molar-refractivity contribution in [1.82, 2.24) is 0 Å². The van der Waals surface area contributed by atoms with E-state index in [9.17, 15) is 0 Å². The number of benzene rings is 7. The monoisotopic (exact) mass is 593 g/mol. The van der Waals surface area contributed by atoms with Crippen LogP contribution in [0, 0.1) is 0 Å². The standard InChI is InChI=1S/C43H31NS/c1-43(2)39-16-7-5-12-35(39)36-25-24-33(27-40(36)43)44(32-23-18-28-10-3-4-11-30(28)26-32)31-21-19-29(20-22-31)34-14-9-15-38-37-13-6-8-17-41(37)45-42(34)38/h3-27H,1-2H3. The van der Waals surface area contributed by atoms with Gasteiger partial charge in [-0.25, -0.2) is 0 Å². The highest BCUT2D eigenvalue weighted by Crippen LogP contribution is 2.51. The molecule has 1 aliphatic carbocycles. The van der Waals surface area contributed by atoms with Crippen LogP contribution in [0.25, 0.3) is 53.2 Å². The number of nitrogens with zero attached hydrogens (tertiary/aromatic N) is 1. The fourth-order valence-electron chi connectivity index (χ4n) is 7.36. The predicted octanol–water partition coefficient (Wildman–Crippen LogP) is 12.7. The Balaban J connectivity index is 1.19. The topological polar surface area (TPSA) is 3.24 Å². The van der Waals surface area contributed by atoms with Gasteiger partial charge < -0.3 is 4.90 Å². The second kappa shape index (κ2) is 9.92. The number of hydrogen-bond donors (Lipinski definition) is 0. The van der Waals surface area contributed by atoms with E-state index in [1.54, 1.807) is 0 Å². The van der Waals surface area contributed by atoms with Crippen LogP contribution >= 0.6 is 11.3 Å². The molecule has 1 nitrogen and oxygen atoms in total. The molecule has 0 bridgehead atoms. The van der Waals surface area contributed by atoms with Crippen molar-refractivity contribution in [3.05, 3.63) is 163 Å². The van der Waals surface area contributed by atoms with Crippen molar-refractivity contribution in [1.29, 1.82) is 0 Å². The summed E-state index contributed by atoms with van der Waals surface area (Å²) in [5.74, 6) is 0. The molecule has 0 saturated heterocycles. The van der Waals surface area contributed by atoms with Crippen molar-refractivity contribution in [2.45, 2.75) is 19.3 Å². The third kappa shape index (κ3) is 4.06. The van der Waals surface area contributed by atoms with E-state index in [0.29, 0.717) is 0 Å². The molecule has 0 spiro atoms. The molecule has 0 N–H and O–H groups in total. The Morgan fingerprint density at radius 3 is 2.00 bits per heavy atom. The van der Waals surface area contributed by atoms with Gasteiger partial charge in [0.05, 0.1) is 0 Å². The summed E-state index contributed by atoms with van der Waals surface area (Å²) in [5.41, 5.74) is 11.4. The van der Waals surface area contributed by atoms with Crippen LogP contribution in [0.15, 0.2) is 152 Å². The van der Waals surface area contributed by atoms with Crippen molar-refractivity contribution >= 4 is 59.3 Å². The Bertz CT molecular complexity index is 2410. The Morgan fingerprint density at radius 1 is 0.467 bits per heavy atom. The van der Waals surface area contributed by atoms with Crippen molar-refractivity contribution in [2.24, 2.45) is 0 Å². The summed E-state index contributed by atoms with van der Waals surface area (Å²) in [4.78, 5) is 2.41. The summed E-state index contributed by atoms with van der Waals surface area (Å²) in [6, 6.07) is 55.9. The van der Waals surface area contributed by atoms with Crippen molar-refractivity contribution in [2.75, 3.05) is 4.90 Å². The van der Waals surface area contributed by atoms with Crippen LogP contribution in [0.4, 0.5) is 17.1 Å². The zero-order valence-electron chi connectivity index (χ0n) is 25.3. The maximum atomic E-state index is 2.41. The first kappa shape index (κ1) is 26.2. The largest absolute Gasteiger partial charge is 0.310 e. The van der Waals surface area contributed by atoms with Crippen LogP contribution in [0.2, 0.25) is 0 Å². The van der Waals surface area contributed by atoms with Gasteiger partial charge in [-0.2, -0.15) is 0 Å². The molecule has 0 unspecified atom stereocenters. The summed E-state index contributed by atoms with van der Waals surface area (Å²) in [5, 5.41) is 5.15. The zero-order chi connectivity index (χ0) is 30.1. The summed E-state index contributed by atoms with van der Waals surface area (Å²) < 4.78 is 2.68. The van der Waals surface area contributed by atoms with Crippen LogP contribution in [-0.4, -0.2) is 0 Å². The van der Waals surface area contributed by atoms with Gasteiger partial charge in [0, 0.05) is 42.6 Å². The molecule has 45 heavy (non-hydrogen) atoms. The average molecular weight is 594 g/mol. The molecule has 0 atom stereocenters. The molecule has 0 saturated carbocycles. The molecule has 2 heteroatoms. The molecule has 1 aliphatic rings. The quantitative estimate of drug-likeness (QED) is 0.196. The first-order valence-electron chi connectivity index (χ1n) is 15.6. The van der Waals surface area contributed by atoms with E-state index >= 15 is 0 Å². The number of rotatable bonds is 4. The molecule has 214 valence electrons. The van der Waals surface area contributed by atoms with E-state index < -0.39 is 0 Å². The fraction of sp³-hybridized carbons (Fsp3) is 0.0698. The number of thiophene rings is 1. The van der Waals surface area contributed by atoms with E-state index in [2.05, 4.69) is 170 Å². The van der Waals surface area contributed by atoms with Crippen LogP contribution < -0.4 is 4.90 Å². The Hall–Kier alpha value is -5.18. The molecule has 0 radical (unpaired) electrons. The maximum Gasteiger partial charge on any atom is 0.0468 e. The first-order chi connectivity index (χ1) is 22.1. The third-order valence-electron chi connectivity index (χ3n) is 9.66. The highest BCUT2D eigenvalue weighted by atomic mass is 32.1. The Labute approximate surface area is 267 Å². The minimum Gasteiger partial charge on any atom is -0.310 e. The molecule has 1 heterocycles. The molecule has 1 aromatic heterocycles. The SMILES string of the molecule is CC1(C)c2ccccc2-c2ccc(N(c3ccc(-c4cccc5c4sc4ccccc45)cc3)c3ccc4ccccc4c3)cc21. The van der Waals surface area contributed by atoms with Gasteiger partial charge in [-0.15, -0.1) is 11.3 Å². The lowest BCUT2D eigenvalue weighted by Gasteiger charge is -2.28. The predicted molar refractivity (Wildman–Crippen MR) is 195 cm³/mol. The minimum atomic E-state index is -0.0657. The number of fused-ring (bicyclic) bond motifs is 7. The lowest BCUT2D eigenvalue weighted by atomic mass is 9.82. The van der Waals surface area contributed by atoms with Gasteiger partial charge in [-0.05, 0) is 86.6 Å². The Kier molecular flexibility index (Phi) is 5.78. The van der Waals surface area contributed by atoms with Gasteiger partial charge in [0.1, 0.15) is 0 Å². The molecule has 0 fully saturated rings. The molecule has 9 rings (SSSR count). The minimum absolute atomic E-state index is 0.0657. The van der Waals surface area contributed by atoms with E-state index in [1.807, 2.05) is 11.3 Å². The molecular weight excluding hydrogens is 563 g/mol. The van der Waals surface area contributed by atoms with Gasteiger partial charge in [0.2, 0.25) is 0 Å². The first-order valence-corrected chi connectivity index (χ1v) is 16.4. The Morgan fingerprint density at radius 2 is 1.11 bits per heavy atom. The highest BCUT2D eigenvalue weighted by Gasteiger charge is 2.35. The van der Waals surface area contributed by atoms with E-state index in [-0.39, 0.29) is 5.41 Å². The second-order valence-corrected chi connectivity index (χ2v) is 13.6. The molecule has 0 amide bonds. The smallest absolute Gasteiger partial charge is 0.0468 e. The van der Waals surface area contributed by atoms with Crippen LogP contribution in [0.5, 0.6) is 0 Å². The average Bonchev–Trinajstić information content (AvgIpc) is 3.58. The normalized spacial score (nSPS) is 13.3. The van der Waals surface area contributed by atoms with Gasteiger partial charge >= 0.3 is 0 Å². The van der Waals surface area contributed by atoms with Gasteiger partial charge in [0.15, 0.2) is 0 Å². The molecule has 8 aromatic rings. The second-order valence-electron chi connectivity index (χ2n) is 12.6. The number of anilines is 3. The van der Waals surface area contributed by atoms with Crippen LogP contribution in [0.3, 0.4) is 0 Å². The molecule has 0 aliphatic heterocycles. The van der Waals surface area contributed by atoms with Crippen LogP contribution in [0.1, 0.15) is 25.0 Å². The third-order valence-corrected chi connectivity index (χ3v) is 10.9. The van der Waals surface area contributed by atoms with Crippen molar-refractivity contribution < 1.29 is 0 Å². The van der Waals surface area contributed by atoms with Gasteiger partial charge in [-0.3, -0.25) is 0 Å². The van der Waals surface area contributed by atoms with Gasteiger partial charge in [-0.1, -0.05) is 123 Å². The summed E-state index contributed by atoms with van der Waals surface area (Å²) in [6.07, 6.45) is 0. The fourth-order valence-corrected chi connectivity index (χ4v) is 8.60. The number of hydrogen-bond acceptors (Lipinski definition) is 2. The van der Waals surface area contributed by atoms with E-state index in [4.69, 9.17) is 0 Å². The molecular formula is C43H31NS. The van der Waals surface area contributed by atoms with Crippen molar-refractivity contribution in [3.8, 4) is 22.3 Å². The van der Waals surface area contributed by atoms with E-state index in [1.165, 1.54) is 70.0 Å². The van der Waals surface area contributed by atoms with Crippen LogP contribution in [-0.2, 0) is 5.41 Å². The van der Waals surface area contributed by atoms with Gasteiger partial charge in [0.25, 0.3) is 0 Å². The zero-order valence-corrected chi connectivity index (χ0v) is 26.1. The lowest BCUT2D eigenvalue weighted by molar-refractivity contribution is 0.660. The highest BCUT2D eigenvalue weighted by molar-refractivity contribution is 7.26.